The van der Waals surface area contributed by atoms with Crippen LogP contribution < -0.4 is 5.32 Å². The fraction of sp³-hybridized carbons (Fsp3) is 0.154. The average Bonchev–Trinajstić information content (AvgIpc) is 2.32. The minimum atomic E-state index is -0.327. The largest absolute Gasteiger partial charge is 0.378 e. The lowest BCUT2D eigenvalue weighted by Gasteiger charge is -2.15. The summed E-state index contributed by atoms with van der Waals surface area (Å²) in [4.78, 5) is 3.82. The fourth-order valence-electron chi connectivity index (χ4n) is 1.54. The van der Waals surface area contributed by atoms with Gasteiger partial charge in [-0.15, -0.1) is 0 Å². The molecule has 2 rings (SSSR count). The van der Waals surface area contributed by atoms with Crippen molar-refractivity contribution in [1.29, 1.82) is 0 Å². The van der Waals surface area contributed by atoms with E-state index in [1.807, 2.05) is 19.1 Å². The van der Waals surface area contributed by atoms with Gasteiger partial charge in [-0.1, -0.05) is 11.6 Å². The standard InChI is InChI=1S/C13H12ClFN2/c1-9(10-6-12(15)8-16-7-10)17-13-4-2-11(14)3-5-13/h2-9,17H,1H3. The molecule has 1 atom stereocenters. The van der Waals surface area contributed by atoms with Crippen molar-refractivity contribution < 1.29 is 4.39 Å². The zero-order valence-electron chi connectivity index (χ0n) is 9.32. The first-order valence-corrected chi connectivity index (χ1v) is 5.65. The minimum absolute atomic E-state index is 0.0145. The lowest BCUT2D eigenvalue weighted by molar-refractivity contribution is 0.616. The second-order valence-electron chi connectivity index (χ2n) is 3.81. The maximum Gasteiger partial charge on any atom is 0.141 e. The average molecular weight is 251 g/mol. The van der Waals surface area contributed by atoms with E-state index in [9.17, 15) is 4.39 Å². The van der Waals surface area contributed by atoms with Gasteiger partial charge in [0, 0.05) is 16.9 Å². The highest BCUT2D eigenvalue weighted by molar-refractivity contribution is 6.30. The molecule has 0 aliphatic rings. The Balaban J connectivity index is 2.11. The van der Waals surface area contributed by atoms with E-state index in [0.29, 0.717) is 5.02 Å². The van der Waals surface area contributed by atoms with Crippen LogP contribution in [0.3, 0.4) is 0 Å². The molecule has 4 heteroatoms. The van der Waals surface area contributed by atoms with Gasteiger partial charge >= 0.3 is 0 Å². The summed E-state index contributed by atoms with van der Waals surface area (Å²) >= 11 is 5.80. The number of benzene rings is 1. The van der Waals surface area contributed by atoms with E-state index in [4.69, 9.17) is 11.6 Å². The number of anilines is 1. The smallest absolute Gasteiger partial charge is 0.141 e. The monoisotopic (exact) mass is 250 g/mol. The lowest BCUT2D eigenvalue weighted by atomic mass is 10.1. The first-order valence-electron chi connectivity index (χ1n) is 5.28. The Bertz CT molecular complexity index is 499. The molecule has 1 heterocycles. The highest BCUT2D eigenvalue weighted by Gasteiger charge is 2.06. The molecule has 2 nitrogen and oxygen atoms in total. The van der Waals surface area contributed by atoms with Crippen molar-refractivity contribution in [3.8, 4) is 0 Å². The third-order valence-corrected chi connectivity index (χ3v) is 2.71. The topological polar surface area (TPSA) is 24.9 Å². The fourth-order valence-corrected chi connectivity index (χ4v) is 1.67. The van der Waals surface area contributed by atoms with Gasteiger partial charge in [0.2, 0.25) is 0 Å². The first kappa shape index (κ1) is 11.9. The molecule has 0 fully saturated rings. The zero-order valence-corrected chi connectivity index (χ0v) is 10.1. The van der Waals surface area contributed by atoms with Crippen LogP contribution in [0, 0.1) is 5.82 Å². The number of rotatable bonds is 3. The molecule has 0 aliphatic carbocycles. The summed E-state index contributed by atoms with van der Waals surface area (Å²) in [7, 11) is 0. The van der Waals surface area contributed by atoms with E-state index in [-0.39, 0.29) is 11.9 Å². The highest BCUT2D eigenvalue weighted by Crippen LogP contribution is 2.20. The van der Waals surface area contributed by atoms with Crippen molar-refractivity contribution in [3.63, 3.8) is 0 Å². The predicted octanol–water partition coefficient (Wildman–Crippen LogP) is 4.05. The maximum atomic E-state index is 13.0. The van der Waals surface area contributed by atoms with Gasteiger partial charge in [-0.05, 0) is 42.8 Å². The van der Waals surface area contributed by atoms with Gasteiger partial charge in [0.15, 0.2) is 0 Å². The van der Waals surface area contributed by atoms with Crippen LogP contribution in [0.25, 0.3) is 0 Å². The Morgan fingerprint density at radius 2 is 1.94 bits per heavy atom. The van der Waals surface area contributed by atoms with Crippen LogP contribution in [0.15, 0.2) is 42.7 Å². The molecule has 0 radical (unpaired) electrons. The number of aromatic nitrogens is 1. The van der Waals surface area contributed by atoms with Gasteiger partial charge in [0.05, 0.1) is 12.2 Å². The van der Waals surface area contributed by atoms with Gasteiger partial charge < -0.3 is 5.32 Å². The van der Waals surface area contributed by atoms with E-state index in [1.165, 1.54) is 12.3 Å². The number of hydrogen-bond donors (Lipinski definition) is 1. The van der Waals surface area contributed by atoms with Gasteiger partial charge in [-0.3, -0.25) is 4.98 Å². The van der Waals surface area contributed by atoms with E-state index in [0.717, 1.165) is 11.3 Å². The number of hydrogen-bond acceptors (Lipinski definition) is 2. The summed E-state index contributed by atoms with van der Waals surface area (Å²) < 4.78 is 13.0. The molecule has 17 heavy (non-hydrogen) atoms. The molecule has 0 spiro atoms. The van der Waals surface area contributed by atoms with Crippen LogP contribution in [0.2, 0.25) is 5.02 Å². The van der Waals surface area contributed by atoms with Gasteiger partial charge in [0.1, 0.15) is 5.82 Å². The third-order valence-electron chi connectivity index (χ3n) is 2.45. The molecule has 0 saturated heterocycles. The number of halogens is 2. The van der Waals surface area contributed by atoms with Crippen molar-refractivity contribution in [2.45, 2.75) is 13.0 Å². The molecule has 1 N–H and O–H groups in total. The SMILES string of the molecule is CC(Nc1ccc(Cl)cc1)c1cncc(F)c1. The Morgan fingerprint density at radius 1 is 1.24 bits per heavy atom. The third kappa shape index (κ3) is 3.17. The summed E-state index contributed by atoms with van der Waals surface area (Å²) in [6, 6.07) is 8.83. The predicted molar refractivity (Wildman–Crippen MR) is 67.7 cm³/mol. The first-order chi connectivity index (χ1) is 8.15. The molecule has 2 aromatic rings. The number of nitrogens with zero attached hydrogens (tertiary/aromatic N) is 1. The molecule has 0 aliphatic heterocycles. The molecule has 1 aromatic carbocycles. The van der Waals surface area contributed by atoms with Crippen LogP contribution in [0.5, 0.6) is 0 Å². The summed E-state index contributed by atoms with van der Waals surface area (Å²) in [6.07, 6.45) is 2.84. The minimum Gasteiger partial charge on any atom is -0.378 e. The molecule has 1 unspecified atom stereocenters. The van der Waals surface area contributed by atoms with Crippen molar-refractivity contribution >= 4 is 17.3 Å². The molecule has 1 aromatic heterocycles. The van der Waals surface area contributed by atoms with Crippen molar-refractivity contribution in [2.75, 3.05) is 5.32 Å². The Hall–Kier alpha value is -1.61. The van der Waals surface area contributed by atoms with Gasteiger partial charge in [-0.2, -0.15) is 0 Å². The van der Waals surface area contributed by atoms with Crippen molar-refractivity contribution in [1.82, 2.24) is 4.98 Å². The van der Waals surface area contributed by atoms with E-state index in [1.54, 1.807) is 18.3 Å². The van der Waals surface area contributed by atoms with Gasteiger partial charge in [0.25, 0.3) is 0 Å². The lowest BCUT2D eigenvalue weighted by Crippen LogP contribution is -2.07. The van der Waals surface area contributed by atoms with Crippen LogP contribution in [0.1, 0.15) is 18.5 Å². The molecular formula is C13H12ClFN2. The zero-order chi connectivity index (χ0) is 12.3. The second kappa shape index (κ2) is 5.15. The summed E-state index contributed by atoms with van der Waals surface area (Å²) in [5, 5.41) is 3.94. The molecule has 0 amide bonds. The second-order valence-corrected chi connectivity index (χ2v) is 4.25. The molecular weight excluding hydrogens is 239 g/mol. The number of nitrogens with one attached hydrogen (secondary N) is 1. The van der Waals surface area contributed by atoms with Crippen LogP contribution in [-0.4, -0.2) is 4.98 Å². The Kier molecular flexibility index (Phi) is 3.59. The summed E-state index contributed by atoms with van der Waals surface area (Å²) in [5.74, 6) is -0.327. The van der Waals surface area contributed by atoms with Gasteiger partial charge in [-0.25, -0.2) is 4.39 Å². The summed E-state index contributed by atoms with van der Waals surface area (Å²) in [6.45, 7) is 1.95. The normalized spacial score (nSPS) is 12.2. The van der Waals surface area contributed by atoms with E-state index in [2.05, 4.69) is 10.3 Å². The maximum absolute atomic E-state index is 13.0. The Labute approximate surface area is 104 Å². The summed E-state index contributed by atoms with van der Waals surface area (Å²) in [5.41, 5.74) is 1.74. The van der Waals surface area contributed by atoms with Crippen LogP contribution >= 0.6 is 11.6 Å². The molecule has 88 valence electrons. The van der Waals surface area contributed by atoms with Crippen molar-refractivity contribution in [3.05, 3.63) is 59.1 Å². The van der Waals surface area contributed by atoms with E-state index >= 15 is 0 Å². The molecule has 0 saturated carbocycles. The number of pyridine rings is 1. The Morgan fingerprint density at radius 3 is 2.59 bits per heavy atom. The van der Waals surface area contributed by atoms with E-state index < -0.39 is 0 Å². The highest BCUT2D eigenvalue weighted by atomic mass is 35.5. The van der Waals surface area contributed by atoms with Crippen molar-refractivity contribution in [2.24, 2.45) is 0 Å². The van der Waals surface area contributed by atoms with Crippen LogP contribution in [-0.2, 0) is 0 Å². The van der Waals surface area contributed by atoms with Crippen LogP contribution in [0.4, 0.5) is 10.1 Å². The quantitative estimate of drug-likeness (QED) is 0.889. The molecule has 0 bridgehead atoms.